The van der Waals surface area contributed by atoms with Crippen molar-refractivity contribution < 1.29 is 14.5 Å². The number of rotatable bonds is 4. The summed E-state index contributed by atoms with van der Waals surface area (Å²) in [6.45, 7) is 0. The van der Waals surface area contributed by atoms with Gasteiger partial charge < -0.3 is 10.5 Å². The lowest BCUT2D eigenvalue weighted by Gasteiger charge is -2.10. The maximum absolute atomic E-state index is 11.0. The SMILES string of the molecule is COC(=O)C[C@@H](N)c1ccc(Br)c([N+](=O)[O-])c1. The summed E-state index contributed by atoms with van der Waals surface area (Å²) < 4.78 is 4.85. The van der Waals surface area contributed by atoms with Crippen molar-refractivity contribution in [3.8, 4) is 0 Å². The Labute approximate surface area is 106 Å². The molecule has 6 nitrogen and oxygen atoms in total. The van der Waals surface area contributed by atoms with Crippen LogP contribution in [0.3, 0.4) is 0 Å². The highest BCUT2D eigenvalue weighted by atomic mass is 79.9. The third-order valence-electron chi connectivity index (χ3n) is 2.21. The van der Waals surface area contributed by atoms with E-state index in [-0.39, 0.29) is 12.1 Å². The number of hydrogen-bond donors (Lipinski definition) is 1. The number of carbonyl (C=O) groups is 1. The van der Waals surface area contributed by atoms with E-state index in [1.54, 1.807) is 6.07 Å². The van der Waals surface area contributed by atoms with Crippen molar-refractivity contribution in [2.24, 2.45) is 5.73 Å². The quantitative estimate of drug-likeness (QED) is 0.521. The summed E-state index contributed by atoms with van der Waals surface area (Å²) in [6, 6.07) is 3.89. The molecule has 0 bridgehead atoms. The summed E-state index contributed by atoms with van der Waals surface area (Å²) in [5.74, 6) is -0.455. The molecule has 1 rings (SSSR count). The smallest absolute Gasteiger partial charge is 0.307 e. The molecule has 0 amide bonds. The van der Waals surface area contributed by atoms with E-state index >= 15 is 0 Å². The van der Waals surface area contributed by atoms with Crippen LogP contribution < -0.4 is 5.73 Å². The van der Waals surface area contributed by atoms with Crippen LogP contribution in [0.25, 0.3) is 0 Å². The second-order valence-electron chi connectivity index (χ2n) is 3.35. The van der Waals surface area contributed by atoms with Crippen LogP contribution >= 0.6 is 15.9 Å². The third kappa shape index (κ3) is 3.50. The number of nitro groups is 1. The molecule has 0 aromatic heterocycles. The number of esters is 1. The van der Waals surface area contributed by atoms with Gasteiger partial charge in [-0.05, 0) is 27.6 Å². The first-order valence-electron chi connectivity index (χ1n) is 4.72. The van der Waals surface area contributed by atoms with Crippen LogP contribution in [0.2, 0.25) is 0 Å². The topological polar surface area (TPSA) is 95.5 Å². The second kappa shape index (κ2) is 5.74. The number of methoxy groups -OCH3 is 1. The first-order valence-corrected chi connectivity index (χ1v) is 5.51. The molecule has 0 aliphatic carbocycles. The van der Waals surface area contributed by atoms with E-state index in [4.69, 9.17) is 5.73 Å². The van der Waals surface area contributed by atoms with Gasteiger partial charge in [-0.3, -0.25) is 14.9 Å². The molecule has 1 aromatic carbocycles. The fraction of sp³-hybridized carbons (Fsp3) is 0.300. The fourth-order valence-electron chi connectivity index (χ4n) is 1.28. The Morgan fingerprint density at radius 1 is 1.65 bits per heavy atom. The van der Waals surface area contributed by atoms with Crippen molar-refractivity contribution in [3.05, 3.63) is 38.3 Å². The Hall–Kier alpha value is -1.47. The largest absolute Gasteiger partial charge is 0.469 e. The maximum Gasteiger partial charge on any atom is 0.307 e. The number of benzene rings is 1. The average Bonchev–Trinajstić information content (AvgIpc) is 2.28. The third-order valence-corrected chi connectivity index (χ3v) is 2.88. The molecule has 1 atom stereocenters. The molecular weight excluding hydrogens is 292 g/mol. The second-order valence-corrected chi connectivity index (χ2v) is 4.21. The molecule has 92 valence electrons. The summed E-state index contributed by atoms with van der Waals surface area (Å²) in [6.07, 6.45) is -0.0186. The summed E-state index contributed by atoms with van der Waals surface area (Å²) >= 11 is 3.07. The molecule has 0 saturated heterocycles. The standard InChI is InChI=1S/C10H11BrN2O4/c1-17-10(14)5-8(12)6-2-3-7(11)9(4-6)13(15)16/h2-4,8H,5,12H2,1H3/t8-/m1/s1. The van der Waals surface area contributed by atoms with Crippen LogP contribution in [0.5, 0.6) is 0 Å². The van der Waals surface area contributed by atoms with Crippen LogP contribution in [-0.4, -0.2) is 18.0 Å². The van der Waals surface area contributed by atoms with Crippen molar-refractivity contribution in [2.45, 2.75) is 12.5 Å². The zero-order valence-electron chi connectivity index (χ0n) is 9.05. The van der Waals surface area contributed by atoms with Gasteiger partial charge in [0, 0.05) is 12.1 Å². The highest BCUT2D eigenvalue weighted by molar-refractivity contribution is 9.10. The van der Waals surface area contributed by atoms with Gasteiger partial charge in [-0.1, -0.05) is 6.07 Å². The summed E-state index contributed by atoms with van der Waals surface area (Å²) in [5.41, 5.74) is 6.19. The molecule has 0 unspecified atom stereocenters. The highest BCUT2D eigenvalue weighted by Gasteiger charge is 2.17. The molecule has 0 heterocycles. The predicted molar refractivity (Wildman–Crippen MR) is 64.4 cm³/mol. The molecule has 7 heteroatoms. The Morgan fingerprint density at radius 2 is 2.29 bits per heavy atom. The van der Waals surface area contributed by atoms with Gasteiger partial charge in [0.05, 0.1) is 22.9 Å². The van der Waals surface area contributed by atoms with Gasteiger partial charge in [-0.25, -0.2) is 0 Å². The average molecular weight is 303 g/mol. The maximum atomic E-state index is 11.0. The number of ether oxygens (including phenoxy) is 1. The summed E-state index contributed by atoms with van der Waals surface area (Å²) in [4.78, 5) is 21.2. The Kier molecular flexibility index (Phi) is 4.59. The van der Waals surface area contributed by atoms with Gasteiger partial charge in [-0.2, -0.15) is 0 Å². The molecule has 0 spiro atoms. The normalized spacial score (nSPS) is 11.9. The molecule has 2 N–H and O–H groups in total. The molecule has 0 aliphatic rings. The van der Waals surface area contributed by atoms with Crippen LogP contribution in [-0.2, 0) is 9.53 Å². The molecule has 0 fully saturated rings. The molecule has 0 radical (unpaired) electrons. The number of carbonyl (C=O) groups excluding carboxylic acids is 1. The van der Waals surface area contributed by atoms with Gasteiger partial charge in [0.2, 0.25) is 0 Å². The van der Waals surface area contributed by atoms with E-state index in [1.807, 2.05) is 0 Å². The van der Waals surface area contributed by atoms with Crippen molar-refractivity contribution in [3.63, 3.8) is 0 Å². The van der Waals surface area contributed by atoms with Gasteiger partial charge in [0.25, 0.3) is 5.69 Å². The van der Waals surface area contributed by atoms with Crippen LogP contribution in [0.4, 0.5) is 5.69 Å². The minimum Gasteiger partial charge on any atom is -0.469 e. The van der Waals surface area contributed by atoms with E-state index in [1.165, 1.54) is 19.2 Å². The van der Waals surface area contributed by atoms with Crippen molar-refractivity contribution in [1.29, 1.82) is 0 Å². The lowest BCUT2D eigenvalue weighted by Crippen LogP contribution is -2.16. The van der Waals surface area contributed by atoms with Crippen molar-refractivity contribution in [2.75, 3.05) is 7.11 Å². The Bertz CT molecular complexity index is 450. The number of hydrogen-bond acceptors (Lipinski definition) is 5. The lowest BCUT2D eigenvalue weighted by atomic mass is 10.0. The molecule has 17 heavy (non-hydrogen) atoms. The highest BCUT2D eigenvalue weighted by Crippen LogP contribution is 2.28. The monoisotopic (exact) mass is 302 g/mol. The van der Waals surface area contributed by atoms with E-state index in [2.05, 4.69) is 20.7 Å². The predicted octanol–water partition coefficient (Wildman–Crippen LogP) is 1.92. The first kappa shape index (κ1) is 13.6. The zero-order valence-corrected chi connectivity index (χ0v) is 10.6. The number of nitro benzene ring substituents is 1. The van der Waals surface area contributed by atoms with Crippen LogP contribution in [0, 0.1) is 10.1 Å². The van der Waals surface area contributed by atoms with Crippen molar-refractivity contribution in [1.82, 2.24) is 0 Å². The number of nitrogens with two attached hydrogens (primary N) is 1. The minimum atomic E-state index is -0.616. The van der Waals surface area contributed by atoms with Gasteiger partial charge in [0.1, 0.15) is 0 Å². The summed E-state index contributed by atoms with van der Waals surface area (Å²) in [7, 11) is 1.26. The van der Waals surface area contributed by atoms with Gasteiger partial charge >= 0.3 is 5.97 Å². The van der Waals surface area contributed by atoms with Gasteiger partial charge in [0.15, 0.2) is 0 Å². The molecular formula is C10H11BrN2O4. The van der Waals surface area contributed by atoms with E-state index in [9.17, 15) is 14.9 Å². The minimum absolute atomic E-state index is 0.0186. The number of halogens is 1. The van der Waals surface area contributed by atoms with Gasteiger partial charge in [-0.15, -0.1) is 0 Å². The Balaban J connectivity index is 2.95. The molecule has 0 aliphatic heterocycles. The molecule has 0 saturated carbocycles. The fourth-order valence-corrected chi connectivity index (χ4v) is 1.67. The van der Waals surface area contributed by atoms with E-state index in [0.29, 0.717) is 10.0 Å². The zero-order chi connectivity index (χ0) is 13.0. The van der Waals surface area contributed by atoms with E-state index in [0.717, 1.165) is 0 Å². The van der Waals surface area contributed by atoms with Crippen LogP contribution in [0.1, 0.15) is 18.0 Å². The summed E-state index contributed by atoms with van der Waals surface area (Å²) in [5, 5.41) is 10.7. The first-order chi connectivity index (χ1) is 7.95. The molecule has 1 aromatic rings. The van der Waals surface area contributed by atoms with E-state index < -0.39 is 16.9 Å². The van der Waals surface area contributed by atoms with Crippen LogP contribution in [0.15, 0.2) is 22.7 Å². The van der Waals surface area contributed by atoms with Crippen molar-refractivity contribution >= 4 is 27.6 Å². The lowest BCUT2D eigenvalue weighted by molar-refractivity contribution is -0.385. The number of nitrogens with zero attached hydrogens (tertiary/aromatic N) is 1. The Morgan fingerprint density at radius 3 is 2.82 bits per heavy atom.